The van der Waals surface area contributed by atoms with Crippen LogP contribution in [0.3, 0.4) is 0 Å². The summed E-state index contributed by atoms with van der Waals surface area (Å²) >= 11 is 1.43. The molecule has 3 aromatic rings. The Bertz CT molecular complexity index is 977. The SMILES string of the molecule is O=Cc1cc(-c2cnc(-c3ccc(N4CCCCCC4)cc3)s2)cc(F)c1O. The maximum absolute atomic E-state index is 13.9. The molecule has 0 amide bonds. The molecule has 6 heteroatoms. The molecular weight excluding hydrogens is 375 g/mol. The Morgan fingerprint density at radius 1 is 1.04 bits per heavy atom. The van der Waals surface area contributed by atoms with Crippen LogP contribution < -0.4 is 4.90 Å². The highest BCUT2D eigenvalue weighted by Gasteiger charge is 2.14. The molecule has 4 rings (SSSR count). The fourth-order valence-corrected chi connectivity index (χ4v) is 4.45. The summed E-state index contributed by atoms with van der Waals surface area (Å²) in [4.78, 5) is 18.7. The van der Waals surface area contributed by atoms with Crippen molar-refractivity contribution in [2.75, 3.05) is 18.0 Å². The molecule has 1 saturated heterocycles. The van der Waals surface area contributed by atoms with Crippen LogP contribution in [0.2, 0.25) is 0 Å². The van der Waals surface area contributed by atoms with Gasteiger partial charge >= 0.3 is 0 Å². The molecule has 2 aromatic carbocycles. The summed E-state index contributed by atoms with van der Waals surface area (Å²) in [6.07, 6.45) is 7.21. The molecular formula is C22H21FN2O2S. The average Bonchev–Trinajstić information content (AvgIpc) is 3.05. The first-order chi connectivity index (χ1) is 13.7. The number of anilines is 1. The molecule has 0 radical (unpaired) electrons. The van der Waals surface area contributed by atoms with Crippen molar-refractivity contribution < 1.29 is 14.3 Å². The van der Waals surface area contributed by atoms with E-state index in [0.717, 1.165) is 28.5 Å². The van der Waals surface area contributed by atoms with Crippen LogP contribution >= 0.6 is 11.3 Å². The normalized spacial score (nSPS) is 14.7. The quantitative estimate of drug-likeness (QED) is 0.591. The number of hydrogen-bond acceptors (Lipinski definition) is 5. The zero-order chi connectivity index (χ0) is 19.5. The Morgan fingerprint density at radius 3 is 2.43 bits per heavy atom. The number of aldehydes is 1. The van der Waals surface area contributed by atoms with Crippen molar-refractivity contribution in [3.05, 3.63) is 54.0 Å². The molecule has 0 saturated carbocycles. The van der Waals surface area contributed by atoms with E-state index in [-0.39, 0.29) is 5.56 Å². The summed E-state index contributed by atoms with van der Waals surface area (Å²) < 4.78 is 13.9. The molecule has 4 nitrogen and oxygen atoms in total. The van der Waals surface area contributed by atoms with E-state index >= 15 is 0 Å². The van der Waals surface area contributed by atoms with E-state index in [9.17, 15) is 14.3 Å². The van der Waals surface area contributed by atoms with Crippen molar-refractivity contribution in [2.45, 2.75) is 25.7 Å². The van der Waals surface area contributed by atoms with Crippen LogP contribution in [-0.2, 0) is 0 Å². The number of nitrogens with zero attached hydrogens (tertiary/aromatic N) is 2. The van der Waals surface area contributed by atoms with Crippen molar-refractivity contribution in [1.29, 1.82) is 0 Å². The van der Waals surface area contributed by atoms with Crippen molar-refractivity contribution in [2.24, 2.45) is 0 Å². The molecule has 28 heavy (non-hydrogen) atoms. The minimum Gasteiger partial charge on any atom is -0.504 e. The molecule has 1 fully saturated rings. The summed E-state index contributed by atoms with van der Waals surface area (Å²) in [7, 11) is 0. The van der Waals surface area contributed by atoms with E-state index < -0.39 is 11.6 Å². The summed E-state index contributed by atoms with van der Waals surface area (Å²) in [6.45, 7) is 2.21. The van der Waals surface area contributed by atoms with Gasteiger partial charge in [-0.25, -0.2) is 9.37 Å². The van der Waals surface area contributed by atoms with Crippen LogP contribution in [0.4, 0.5) is 10.1 Å². The maximum atomic E-state index is 13.9. The van der Waals surface area contributed by atoms with Gasteiger partial charge in [-0.1, -0.05) is 12.8 Å². The number of aromatic hydroxyl groups is 1. The number of carbonyl (C=O) groups excluding carboxylic acids is 1. The number of hydrogen-bond donors (Lipinski definition) is 1. The third-order valence-electron chi connectivity index (χ3n) is 5.10. The van der Waals surface area contributed by atoms with E-state index in [1.165, 1.54) is 54.8 Å². The lowest BCUT2D eigenvalue weighted by Crippen LogP contribution is -2.23. The number of rotatable bonds is 4. The molecule has 0 aliphatic carbocycles. The van der Waals surface area contributed by atoms with Gasteiger partial charge in [-0.05, 0) is 54.8 Å². The largest absolute Gasteiger partial charge is 0.504 e. The van der Waals surface area contributed by atoms with Gasteiger partial charge in [-0.15, -0.1) is 11.3 Å². The predicted octanol–water partition coefficient (Wildman–Crippen LogP) is 5.51. The molecule has 1 aliphatic heterocycles. The monoisotopic (exact) mass is 396 g/mol. The van der Waals surface area contributed by atoms with Crippen molar-refractivity contribution in [3.63, 3.8) is 0 Å². The molecule has 0 unspecified atom stereocenters. The number of phenols is 1. The number of phenolic OH excluding ortho intramolecular Hbond substituents is 1. The van der Waals surface area contributed by atoms with Gasteiger partial charge < -0.3 is 10.0 Å². The number of aromatic nitrogens is 1. The first-order valence-corrected chi connectivity index (χ1v) is 10.3. The van der Waals surface area contributed by atoms with Crippen LogP contribution in [0.1, 0.15) is 36.0 Å². The van der Waals surface area contributed by atoms with E-state index in [0.29, 0.717) is 11.8 Å². The minimum absolute atomic E-state index is 0.0632. The second kappa shape index (κ2) is 8.10. The number of halogens is 1. The first kappa shape index (κ1) is 18.6. The van der Waals surface area contributed by atoms with Crippen LogP contribution in [0, 0.1) is 5.82 Å². The van der Waals surface area contributed by atoms with Gasteiger partial charge in [0.05, 0.1) is 10.4 Å². The Morgan fingerprint density at radius 2 is 1.75 bits per heavy atom. The maximum Gasteiger partial charge on any atom is 0.166 e. The number of benzene rings is 2. The summed E-state index contributed by atoms with van der Waals surface area (Å²) in [5, 5.41) is 10.4. The highest BCUT2D eigenvalue weighted by Crippen LogP contribution is 2.35. The molecule has 1 aliphatic rings. The van der Waals surface area contributed by atoms with Gasteiger partial charge in [-0.2, -0.15) is 0 Å². The molecule has 1 aromatic heterocycles. The highest BCUT2D eigenvalue weighted by atomic mass is 32.1. The summed E-state index contributed by atoms with van der Waals surface area (Å²) in [6, 6.07) is 11.1. The highest BCUT2D eigenvalue weighted by molar-refractivity contribution is 7.18. The zero-order valence-electron chi connectivity index (χ0n) is 15.4. The van der Waals surface area contributed by atoms with Gasteiger partial charge in [0.1, 0.15) is 5.01 Å². The Balaban J connectivity index is 1.57. The lowest BCUT2D eigenvalue weighted by atomic mass is 10.1. The number of thiazole rings is 1. The van der Waals surface area contributed by atoms with Crippen molar-refractivity contribution >= 4 is 23.3 Å². The molecule has 2 heterocycles. The van der Waals surface area contributed by atoms with Crippen LogP contribution in [0.15, 0.2) is 42.6 Å². The van der Waals surface area contributed by atoms with Crippen LogP contribution in [-0.4, -0.2) is 29.5 Å². The van der Waals surface area contributed by atoms with Crippen LogP contribution in [0.25, 0.3) is 21.0 Å². The summed E-state index contributed by atoms with van der Waals surface area (Å²) in [5.41, 5.74) is 2.71. The van der Waals surface area contributed by atoms with E-state index in [2.05, 4.69) is 34.1 Å². The lowest BCUT2D eigenvalue weighted by molar-refractivity contribution is 0.112. The van der Waals surface area contributed by atoms with Crippen LogP contribution in [0.5, 0.6) is 5.75 Å². The molecule has 0 spiro atoms. The zero-order valence-corrected chi connectivity index (χ0v) is 16.2. The smallest absolute Gasteiger partial charge is 0.166 e. The van der Waals surface area contributed by atoms with Gasteiger partial charge in [0, 0.05) is 30.5 Å². The van der Waals surface area contributed by atoms with Crippen molar-refractivity contribution in [3.8, 4) is 26.8 Å². The average molecular weight is 396 g/mol. The molecule has 1 N–H and O–H groups in total. The lowest BCUT2D eigenvalue weighted by Gasteiger charge is -2.22. The van der Waals surface area contributed by atoms with Gasteiger partial charge in [0.2, 0.25) is 0 Å². The fourth-order valence-electron chi connectivity index (χ4n) is 3.54. The topological polar surface area (TPSA) is 53.4 Å². The summed E-state index contributed by atoms with van der Waals surface area (Å²) in [5.74, 6) is -1.43. The van der Waals surface area contributed by atoms with Gasteiger partial charge in [-0.3, -0.25) is 4.79 Å². The Kier molecular flexibility index (Phi) is 5.39. The van der Waals surface area contributed by atoms with E-state index in [1.807, 2.05) is 0 Å². The number of carbonyl (C=O) groups is 1. The fraction of sp³-hybridized carbons (Fsp3) is 0.273. The molecule has 144 valence electrons. The third-order valence-corrected chi connectivity index (χ3v) is 6.19. The Labute approximate surface area is 167 Å². The van der Waals surface area contributed by atoms with Gasteiger partial charge in [0.15, 0.2) is 17.9 Å². The van der Waals surface area contributed by atoms with Gasteiger partial charge in [0.25, 0.3) is 0 Å². The Hall–Kier alpha value is -2.73. The second-order valence-corrected chi connectivity index (χ2v) is 8.02. The minimum atomic E-state index is -0.809. The van der Waals surface area contributed by atoms with E-state index in [4.69, 9.17) is 0 Å². The predicted molar refractivity (Wildman–Crippen MR) is 111 cm³/mol. The second-order valence-electron chi connectivity index (χ2n) is 6.99. The molecule has 0 bridgehead atoms. The third kappa shape index (κ3) is 3.78. The molecule has 0 atom stereocenters. The van der Waals surface area contributed by atoms with Crippen molar-refractivity contribution in [1.82, 2.24) is 4.98 Å². The van der Waals surface area contributed by atoms with E-state index in [1.54, 1.807) is 6.20 Å². The first-order valence-electron chi connectivity index (χ1n) is 9.45. The standard InChI is InChI=1S/C22H21FN2O2S/c23-19-12-16(11-17(14-26)21(19)27)20-13-24-22(28-20)15-5-7-18(8-6-15)25-9-3-1-2-4-10-25/h5-8,11-14,27H,1-4,9-10H2.